The normalized spacial score (nSPS) is 13.4. The third kappa shape index (κ3) is 3.41. The van der Waals surface area contributed by atoms with E-state index in [1.165, 1.54) is 12.1 Å². The Balaban J connectivity index is 2.31. The molecule has 2 rings (SSSR count). The molecular weight excluding hydrogens is 281 g/mol. The topological polar surface area (TPSA) is 42.7 Å². The van der Waals surface area contributed by atoms with E-state index in [-0.39, 0.29) is 6.04 Å². The largest absolute Gasteiger partial charge is 0.416 e. The summed E-state index contributed by atoms with van der Waals surface area (Å²) in [5.41, 5.74) is 0.922. The quantitative estimate of drug-likeness (QED) is 0.922. The second kappa shape index (κ2) is 6.26. The van der Waals surface area contributed by atoms with Crippen LogP contribution in [-0.2, 0) is 12.7 Å². The van der Waals surface area contributed by atoms with Crippen LogP contribution in [0.1, 0.15) is 36.2 Å². The molecular formula is C14H17F3N4. The number of halogens is 3. The predicted octanol–water partition coefficient (Wildman–Crippen LogP) is 3.02. The fourth-order valence-electron chi connectivity index (χ4n) is 2.22. The van der Waals surface area contributed by atoms with Gasteiger partial charge in [0, 0.05) is 6.54 Å². The van der Waals surface area contributed by atoms with Gasteiger partial charge in [0.15, 0.2) is 0 Å². The summed E-state index contributed by atoms with van der Waals surface area (Å²) in [6.07, 6.45) is -1.78. The average Bonchev–Trinajstić information content (AvgIpc) is 2.88. The molecule has 0 radical (unpaired) electrons. The Hall–Kier alpha value is -1.89. The molecule has 114 valence electrons. The van der Waals surface area contributed by atoms with Gasteiger partial charge < -0.3 is 5.32 Å². The van der Waals surface area contributed by atoms with Gasteiger partial charge >= 0.3 is 6.18 Å². The van der Waals surface area contributed by atoms with E-state index in [0.717, 1.165) is 29.8 Å². The highest BCUT2D eigenvalue weighted by Gasteiger charge is 2.30. The summed E-state index contributed by atoms with van der Waals surface area (Å²) in [6, 6.07) is 4.90. The molecule has 1 heterocycles. The summed E-state index contributed by atoms with van der Waals surface area (Å²) >= 11 is 0. The van der Waals surface area contributed by atoms with Crippen LogP contribution in [0.2, 0.25) is 0 Å². The standard InChI is InChI=1S/C14H17F3N4/c1-3-8-21-12(9-19-20-21)13(18-2)10-4-6-11(7-5-10)14(15,16)17/h4-7,9,13,18H,3,8H2,1-2H3. The maximum absolute atomic E-state index is 12.6. The second-order valence-corrected chi connectivity index (χ2v) is 4.72. The first-order chi connectivity index (χ1) is 9.97. The summed E-state index contributed by atoms with van der Waals surface area (Å²) in [5.74, 6) is 0. The summed E-state index contributed by atoms with van der Waals surface area (Å²) in [6.45, 7) is 2.74. The molecule has 21 heavy (non-hydrogen) atoms. The van der Waals surface area contributed by atoms with Crippen LogP contribution in [0.15, 0.2) is 30.5 Å². The summed E-state index contributed by atoms with van der Waals surface area (Å²) < 4.78 is 39.6. The van der Waals surface area contributed by atoms with Crippen molar-refractivity contribution in [3.8, 4) is 0 Å². The first-order valence-electron chi connectivity index (χ1n) is 6.70. The smallest absolute Gasteiger partial charge is 0.308 e. The number of hydrogen-bond donors (Lipinski definition) is 1. The molecule has 2 aromatic rings. The number of aryl methyl sites for hydroxylation is 1. The Morgan fingerprint density at radius 1 is 1.24 bits per heavy atom. The minimum absolute atomic E-state index is 0.242. The van der Waals surface area contributed by atoms with Crippen molar-refractivity contribution in [2.75, 3.05) is 7.05 Å². The molecule has 1 N–H and O–H groups in total. The van der Waals surface area contributed by atoms with E-state index in [2.05, 4.69) is 15.6 Å². The average molecular weight is 298 g/mol. The Morgan fingerprint density at radius 2 is 1.90 bits per heavy atom. The van der Waals surface area contributed by atoms with Crippen molar-refractivity contribution in [1.29, 1.82) is 0 Å². The van der Waals surface area contributed by atoms with Gasteiger partial charge in [0.05, 0.1) is 23.5 Å². The molecule has 0 amide bonds. The van der Waals surface area contributed by atoms with Gasteiger partial charge in [-0.25, -0.2) is 4.68 Å². The number of nitrogens with zero attached hydrogens (tertiary/aromatic N) is 3. The van der Waals surface area contributed by atoms with Crippen LogP contribution in [0, 0.1) is 0 Å². The van der Waals surface area contributed by atoms with E-state index in [1.54, 1.807) is 17.9 Å². The summed E-state index contributed by atoms with van der Waals surface area (Å²) in [4.78, 5) is 0. The minimum atomic E-state index is -4.32. The third-order valence-corrected chi connectivity index (χ3v) is 3.24. The Bertz CT molecular complexity index is 575. The van der Waals surface area contributed by atoms with E-state index in [4.69, 9.17) is 0 Å². The van der Waals surface area contributed by atoms with Crippen LogP contribution in [0.5, 0.6) is 0 Å². The molecule has 1 unspecified atom stereocenters. The van der Waals surface area contributed by atoms with Crippen molar-refractivity contribution < 1.29 is 13.2 Å². The minimum Gasteiger partial charge on any atom is -0.308 e. The monoisotopic (exact) mass is 298 g/mol. The highest BCUT2D eigenvalue weighted by molar-refractivity contribution is 5.31. The number of alkyl halides is 3. The van der Waals surface area contributed by atoms with Crippen LogP contribution >= 0.6 is 0 Å². The van der Waals surface area contributed by atoms with E-state index >= 15 is 0 Å². The van der Waals surface area contributed by atoms with Crippen molar-refractivity contribution in [3.63, 3.8) is 0 Å². The summed E-state index contributed by atoms with van der Waals surface area (Å²) in [5, 5.41) is 11.0. The van der Waals surface area contributed by atoms with Crippen molar-refractivity contribution in [2.24, 2.45) is 0 Å². The van der Waals surface area contributed by atoms with Gasteiger partial charge in [-0.1, -0.05) is 24.3 Å². The second-order valence-electron chi connectivity index (χ2n) is 4.72. The first kappa shape index (κ1) is 15.5. The molecule has 1 atom stereocenters. The Morgan fingerprint density at radius 3 is 2.43 bits per heavy atom. The fraction of sp³-hybridized carbons (Fsp3) is 0.429. The Kier molecular flexibility index (Phi) is 4.62. The number of benzene rings is 1. The van der Waals surface area contributed by atoms with Gasteiger partial charge in [-0.05, 0) is 31.2 Å². The van der Waals surface area contributed by atoms with E-state index < -0.39 is 11.7 Å². The molecule has 0 bridgehead atoms. The van der Waals surface area contributed by atoms with Crippen LogP contribution in [0.25, 0.3) is 0 Å². The zero-order valence-corrected chi connectivity index (χ0v) is 11.9. The zero-order chi connectivity index (χ0) is 15.5. The molecule has 7 heteroatoms. The fourth-order valence-corrected chi connectivity index (χ4v) is 2.22. The van der Waals surface area contributed by atoms with Crippen LogP contribution < -0.4 is 5.32 Å². The van der Waals surface area contributed by atoms with E-state index in [9.17, 15) is 13.2 Å². The van der Waals surface area contributed by atoms with Crippen molar-refractivity contribution in [3.05, 3.63) is 47.3 Å². The third-order valence-electron chi connectivity index (χ3n) is 3.24. The van der Waals surface area contributed by atoms with Gasteiger partial charge in [0.25, 0.3) is 0 Å². The number of nitrogens with one attached hydrogen (secondary N) is 1. The predicted molar refractivity (Wildman–Crippen MR) is 72.7 cm³/mol. The van der Waals surface area contributed by atoms with Gasteiger partial charge in [0.2, 0.25) is 0 Å². The van der Waals surface area contributed by atoms with E-state index in [1.807, 2.05) is 6.92 Å². The lowest BCUT2D eigenvalue weighted by Crippen LogP contribution is -2.21. The molecule has 1 aromatic carbocycles. The van der Waals surface area contributed by atoms with Crippen LogP contribution in [-0.4, -0.2) is 22.0 Å². The molecule has 0 saturated heterocycles. The first-order valence-corrected chi connectivity index (χ1v) is 6.70. The lowest BCUT2D eigenvalue weighted by Gasteiger charge is -2.18. The molecule has 0 aliphatic heterocycles. The van der Waals surface area contributed by atoms with Crippen molar-refractivity contribution in [2.45, 2.75) is 32.1 Å². The number of hydrogen-bond acceptors (Lipinski definition) is 3. The van der Waals surface area contributed by atoms with Gasteiger partial charge in [-0.2, -0.15) is 13.2 Å². The molecule has 0 aliphatic carbocycles. The van der Waals surface area contributed by atoms with Crippen LogP contribution in [0.4, 0.5) is 13.2 Å². The maximum atomic E-state index is 12.6. The molecule has 0 saturated carbocycles. The maximum Gasteiger partial charge on any atom is 0.416 e. The number of rotatable bonds is 5. The molecule has 4 nitrogen and oxygen atoms in total. The lowest BCUT2D eigenvalue weighted by molar-refractivity contribution is -0.137. The number of aromatic nitrogens is 3. The summed E-state index contributed by atoms with van der Waals surface area (Å²) in [7, 11) is 1.76. The van der Waals surface area contributed by atoms with E-state index in [0.29, 0.717) is 6.54 Å². The van der Waals surface area contributed by atoms with Crippen LogP contribution in [0.3, 0.4) is 0 Å². The van der Waals surface area contributed by atoms with Gasteiger partial charge in [-0.3, -0.25) is 0 Å². The highest BCUT2D eigenvalue weighted by atomic mass is 19.4. The van der Waals surface area contributed by atoms with Gasteiger partial charge in [-0.15, -0.1) is 5.10 Å². The molecule has 0 spiro atoms. The molecule has 0 aliphatic rings. The van der Waals surface area contributed by atoms with Gasteiger partial charge in [0.1, 0.15) is 0 Å². The Labute approximate surface area is 121 Å². The van der Waals surface area contributed by atoms with Crippen molar-refractivity contribution >= 4 is 0 Å². The zero-order valence-electron chi connectivity index (χ0n) is 11.9. The molecule has 0 fully saturated rings. The van der Waals surface area contributed by atoms with Crippen molar-refractivity contribution in [1.82, 2.24) is 20.3 Å². The SMILES string of the molecule is CCCn1nncc1C(NC)c1ccc(C(F)(F)F)cc1. The highest BCUT2D eigenvalue weighted by Crippen LogP contribution is 2.30. The lowest BCUT2D eigenvalue weighted by atomic mass is 10.0. The molecule has 1 aromatic heterocycles.